The van der Waals surface area contributed by atoms with Crippen molar-refractivity contribution >= 4 is 58.8 Å². The van der Waals surface area contributed by atoms with Gasteiger partial charge in [-0.1, -0.05) is 23.5 Å². The first kappa shape index (κ1) is 11.6. The van der Waals surface area contributed by atoms with E-state index in [0.717, 1.165) is 10.2 Å². The molecule has 0 amide bonds. The number of thioether (sulfide) groups is 5. The van der Waals surface area contributed by atoms with Gasteiger partial charge in [-0.3, -0.25) is 0 Å². The van der Waals surface area contributed by atoms with E-state index in [1.165, 1.54) is 12.7 Å². The van der Waals surface area contributed by atoms with Crippen LogP contribution in [0.15, 0.2) is 28.3 Å². The number of rotatable bonds is 1. The van der Waals surface area contributed by atoms with Gasteiger partial charge in [0.05, 0.1) is 12.7 Å². The van der Waals surface area contributed by atoms with Gasteiger partial charge in [0, 0.05) is 0 Å². The summed E-state index contributed by atoms with van der Waals surface area (Å²) in [6.45, 7) is 1.34. The van der Waals surface area contributed by atoms with Crippen molar-refractivity contribution in [2.45, 2.75) is 0 Å². The normalized spacial score (nSPS) is 24.2. The predicted octanol–water partition coefficient (Wildman–Crippen LogP) is 4.41. The van der Waals surface area contributed by atoms with E-state index in [1.54, 1.807) is 47.0 Å². The molecule has 0 saturated carbocycles. The average molecular weight is 308 g/mol. The third-order valence-corrected chi connectivity index (χ3v) is 8.40. The molecule has 7 heteroatoms. The van der Waals surface area contributed by atoms with Gasteiger partial charge in [-0.2, -0.15) is 0 Å². The van der Waals surface area contributed by atoms with E-state index < -0.39 is 0 Å². The van der Waals surface area contributed by atoms with Crippen LogP contribution in [0.5, 0.6) is 0 Å². The van der Waals surface area contributed by atoms with Crippen LogP contribution in [0.1, 0.15) is 0 Å². The van der Waals surface area contributed by atoms with E-state index in [9.17, 15) is 0 Å². The molecule has 0 N–H and O–H groups in total. The Morgan fingerprint density at radius 1 is 1.06 bits per heavy atom. The van der Waals surface area contributed by atoms with Gasteiger partial charge < -0.3 is 9.47 Å². The molecular formula is C9H8O2S5. The van der Waals surface area contributed by atoms with Gasteiger partial charge in [-0.25, -0.2) is 0 Å². The molecule has 3 aliphatic rings. The Balaban J connectivity index is 1.74. The summed E-state index contributed by atoms with van der Waals surface area (Å²) in [5.41, 5.74) is 0. The highest BCUT2D eigenvalue weighted by Crippen LogP contribution is 2.59. The molecule has 0 atom stereocenters. The van der Waals surface area contributed by atoms with Gasteiger partial charge in [0.25, 0.3) is 0 Å². The maximum atomic E-state index is 5.57. The lowest BCUT2D eigenvalue weighted by Crippen LogP contribution is -2.08. The maximum Gasteiger partial charge on any atom is 0.208 e. The molecule has 86 valence electrons. The second-order valence-corrected chi connectivity index (χ2v) is 8.43. The van der Waals surface area contributed by atoms with E-state index in [2.05, 4.69) is 11.7 Å². The van der Waals surface area contributed by atoms with Crippen molar-refractivity contribution in [3.63, 3.8) is 0 Å². The molecule has 0 saturated heterocycles. The second-order valence-electron chi connectivity index (χ2n) is 2.91. The van der Waals surface area contributed by atoms with Gasteiger partial charge in [0.2, 0.25) is 10.2 Å². The van der Waals surface area contributed by atoms with Gasteiger partial charge in [0.15, 0.2) is 0 Å². The van der Waals surface area contributed by atoms with Gasteiger partial charge in [0.1, 0.15) is 13.2 Å². The van der Waals surface area contributed by atoms with Crippen LogP contribution in [0.25, 0.3) is 0 Å². The molecule has 0 unspecified atom stereocenters. The fourth-order valence-corrected chi connectivity index (χ4v) is 6.98. The van der Waals surface area contributed by atoms with Gasteiger partial charge in [-0.05, 0) is 35.2 Å². The molecule has 3 rings (SSSR count). The molecule has 0 radical (unpaired) electrons. The minimum atomic E-state index is 0.670. The summed E-state index contributed by atoms with van der Waals surface area (Å²) >= 11 is 8.82. The van der Waals surface area contributed by atoms with E-state index in [-0.39, 0.29) is 0 Å². The first-order valence-electron chi connectivity index (χ1n) is 4.55. The minimum Gasteiger partial charge on any atom is -0.480 e. The van der Waals surface area contributed by atoms with Crippen LogP contribution < -0.4 is 0 Å². The molecule has 16 heavy (non-hydrogen) atoms. The SMILES string of the molecule is CSC1=CSC(=C2SC3=C(OCCO3)S2)S1. The summed E-state index contributed by atoms with van der Waals surface area (Å²) in [4.78, 5) is 0. The first-order valence-corrected chi connectivity index (χ1v) is 9.11. The zero-order valence-electron chi connectivity index (χ0n) is 8.35. The fraction of sp³-hybridized carbons (Fsp3) is 0.333. The lowest BCUT2D eigenvalue weighted by atomic mass is 10.7. The third kappa shape index (κ3) is 2.25. The quantitative estimate of drug-likeness (QED) is 0.705. The molecular weight excluding hydrogens is 300 g/mol. The molecule has 2 nitrogen and oxygen atoms in total. The van der Waals surface area contributed by atoms with Crippen LogP contribution in [0, 0.1) is 0 Å². The highest BCUT2D eigenvalue weighted by atomic mass is 32.2. The standard InChI is InChI=1S/C9H8O2S5/c1-12-5-4-13-8(14-5)9-15-6-7(16-9)11-3-2-10-6/h4H,2-3H2,1H3. The molecule has 3 heterocycles. The van der Waals surface area contributed by atoms with Crippen LogP contribution in [0.2, 0.25) is 0 Å². The molecule has 0 aromatic carbocycles. The number of hydrogen-bond donors (Lipinski definition) is 0. The van der Waals surface area contributed by atoms with Crippen molar-refractivity contribution in [2.24, 2.45) is 0 Å². The van der Waals surface area contributed by atoms with E-state index in [0.29, 0.717) is 13.2 Å². The van der Waals surface area contributed by atoms with Crippen LogP contribution in [0.3, 0.4) is 0 Å². The highest BCUT2D eigenvalue weighted by molar-refractivity contribution is 8.37. The molecule has 0 aromatic rings. The predicted molar refractivity (Wildman–Crippen MR) is 77.9 cm³/mol. The van der Waals surface area contributed by atoms with Gasteiger partial charge >= 0.3 is 0 Å². The second kappa shape index (κ2) is 5.06. The summed E-state index contributed by atoms with van der Waals surface area (Å²) < 4.78 is 15.1. The topological polar surface area (TPSA) is 18.5 Å². The Kier molecular flexibility index (Phi) is 3.68. The Hall–Kier alpha value is 0.570. The van der Waals surface area contributed by atoms with Crippen LogP contribution in [-0.2, 0) is 9.47 Å². The fourth-order valence-electron chi connectivity index (χ4n) is 1.22. The largest absolute Gasteiger partial charge is 0.480 e. The molecule has 0 bridgehead atoms. The van der Waals surface area contributed by atoms with Crippen molar-refractivity contribution in [1.82, 2.24) is 0 Å². The minimum absolute atomic E-state index is 0.670. The van der Waals surface area contributed by atoms with Crippen molar-refractivity contribution in [3.8, 4) is 0 Å². The lowest BCUT2D eigenvalue weighted by molar-refractivity contribution is 0.0949. The molecule has 0 aromatic heterocycles. The zero-order valence-corrected chi connectivity index (χ0v) is 12.4. The van der Waals surface area contributed by atoms with Crippen molar-refractivity contribution < 1.29 is 9.47 Å². The molecule has 0 spiro atoms. The highest BCUT2D eigenvalue weighted by Gasteiger charge is 2.31. The van der Waals surface area contributed by atoms with Gasteiger partial charge in [-0.15, -0.1) is 11.8 Å². The molecule has 0 aliphatic carbocycles. The molecule has 0 fully saturated rings. The Morgan fingerprint density at radius 2 is 1.75 bits per heavy atom. The number of hydrogen-bond acceptors (Lipinski definition) is 7. The smallest absolute Gasteiger partial charge is 0.208 e. The summed E-state index contributed by atoms with van der Waals surface area (Å²) in [6.07, 6.45) is 2.11. The van der Waals surface area contributed by atoms with Crippen molar-refractivity contribution in [2.75, 3.05) is 19.5 Å². The summed E-state index contributed by atoms with van der Waals surface area (Å²) in [7, 11) is 0. The summed E-state index contributed by atoms with van der Waals surface area (Å²) in [6, 6.07) is 0. The monoisotopic (exact) mass is 308 g/mol. The third-order valence-electron chi connectivity index (χ3n) is 1.91. The summed E-state index contributed by atoms with van der Waals surface area (Å²) in [5.74, 6) is 0. The maximum absolute atomic E-state index is 5.57. The van der Waals surface area contributed by atoms with E-state index in [4.69, 9.17) is 9.47 Å². The van der Waals surface area contributed by atoms with Crippen molar-refractivity contribution in [1.29, 1.82) is 0 Å². The first-order chi connectivity index (χ1) is 7.86. The van der Waals surface area contributed by atoms with Crippen LogP contribution in [0.4, 0.5) is 0 Å². The summed E-state index contributed by atoms with van der Waals surface area (Å²) in [5, 5.41) is 4.09. The lowest BCUT2D eigenvalue weighted by Gasteiger charge is -2.13. The average Bonchev–Trinajstić information content (AvgIpc) is 2.95. The van der Waals surface area contributed by atoms with E-state index >= 15 is 0 Å². The van der Waals surface area contributed by atoms with Crippen LogP contribution in [-0.4, -0.2) is 19.5 Å². The Bertz CT molecular complexity index is 392. The Morgan fingerprint density at radius 3 is 2.31 bits per heavy atom. The van der Waals surface area contributed by atoms with Crippen molar-refractivity contribution in [3.05, 3.63) is 28.3 Å². The van der Waals surface area contributed by atoms with E-state index in [1.807, 2.05) is 11.8 Å². The number of ether oxygens (including phenoxy) is 2. The molecule has 3 aliphatic heterocycles. The van der Waals surface area contributed by atoms with Crippen LogP contribution >= 0.6 is 58.8 Å². The Labute approximate surface area is 115 Å². The zero-order chi connectivity index (χ0) is 11.0.